The van der Waals surface area contributed by atoms with Crippen molar-refractivity contribution in [3.05, 3.63) is 58.1 Å². The van der Waals surface area contributed by atoms with Crippen molar-refractivity contribution in [3.8, 4) is 0 Å². The number of anilines is 1. The largest absolute Gasteiger partial charge is 0.394 e. The average Bonchev–Trinajstić information content (AvgIpc) is 3.07. The van der Waals surface area contributed by atoms with Crippen molar-refractivity contribution in [1.82, 2.24) is 14.9 Å². The third-order valence-corrected chi connectivity index (χ3v) is 6.95. The number of aliphatic hydroxyl groups is 1. The van der Waals surface area contributed by atoms with E-state index in [0.717, 1.165) is 25.7 Å². The monoisotopic (exact) mass is 440 g/mol. The zero-order valence-corrected chi connectivity index (χ0v) is 18.4. The maximum Gasteiger partial charge on any atom is 0.351 e. The second kappa shape index (κ2) is 9.83. The van der Waals surface area contributed by atoms with E-state index in [4.69, 9.17) is 10.5 Å². The van der Waals surface area contributed by atoms with Crippen molar-refractivity contribution in [2.24, 2.45) is 17.8 Å². The van der Waals surface area contributed by atoms with Crippen molar-refractivity contribution in [1.29, 1.82) is 0 Å². The zero-order valence-electron chi connectivity index (χ0n) is 18.4. The minimum atomic E-state index is -0.581. The van der Waals surface area contributed by atoms with Gasteiger partial charge in [-0.2, -0.15) is 4.98 Å². The number of hydrogen-bond donors (Lipinski definition) is 3. The van der Waals surface area contributed by atoms with Crippen molar-refractivity contribution in [2.45, 2.75) is 51.4 Å². The van der Waals surface area contributed by atoms with Crippen LogP contribution in [0.1, 0.15) is 54.8 Å². The SMILES string of the molecule is CC1C(C2CCC2)C(CO)OC1n1cc(C(=O)NCCCc2ccccc2)c(N)nc1=O. The number of nitrogens with two attached hydrogens (primary N) is 1. The van der Waals surface area contributed by atoms with E-state index in [1.165, 1.54) is 22.7 Å². The van der Waals surface area contributed by atoms with Gasteiger partial charge < -0.3 is 20.9 Å². The lowest BCUT2D eigenvalue weighted by molar-refractivity contribution is -0.0441. The molecule has 2 aromatic rings. The summed E-state index contributed by atoms with van der Waals surface area (Å²) in [4.78, 5) is 29.3. The summed E-state index contributed by atoms with van der Waals surface area (Å²) in [5.74, 6) is 0.237. The molecule has 0 spiro atoms. The van der Waals surface area contributed by atoms with Gasteiger partial charge in [-0.05, 0) is 30.2 Å². The number of nitrogens with zero attached hydrogens (tertiary/aromatic N) is 2. The molecule has 1 saturated carbocycles. The van der Waals surface area contributed by atoms with Gasteiger partial charge in [0, 0.05) is 18.7 Å². The van der Waals surface area contributed by atoms with E-state index in [2.05, 4.69) is 22.4 Å². The number of amides is 1. The number of rotatable bonds is 8. The van der Waals surface area contributed by atoms with Gasteiger partial charge in [0.25, 0.3) is 5.91 Å². The van der Waals surface area contributed by atoms with Gasteiger partial charge in [-0.25, -0.2) is 4.79 Å². The Labute approximate surface area is 187 Å². The number of hydrogen-bond acceptors (Lipinski definition) is 6. The molecule has 0 bridgehead atoms. The summed E-state index contributed by atoms with van der Waals surface area (Å²) in [7, 11) is 0. The highest BCUT2D eigenvalue weighted by Gasteiger charge is 2.47. The first-order valence-corrected chi connectivity index (χ1v) is 11.5. The first kappa shape index (κ1) is 22.5. The van der Waals surface area contributed by atoms with Gasteiger partial charge in [-0.1, -0.05) is 56.5 Å². The van der Waals surface area contributed by atoms with Crippen LogP contribution in [0.15, 0.2) is 41.3 Å². The van der Waals surface area contributed by atoms with E-state index >= 15 is 0 Å². The number of nitrogen functional groups attached to an aromatic ring is 1. The average molecular weight is 441 g/mol. The second-order valence-corrected chi connectivity index (χ2v) is 8.95. The Kier molecular flexibility index (Phi) is 6.91. The van der Waals surface area contributed by atoms with Crippen molar-refractivity contribution >= 4 is 11.7 Å². The van der Waals surface area contributed by atoms with Gasteiger partial charge in [-0.3, -0.25) is 9.36 Å². The summed E-state index contributed by atoms with van der Waals surface area (Å²) < 4.78 is 7.44. The van der Waals surface area contributed by atoms with E-state index in [0.29, 0.717) is 12.5 Å². The molecule has 0 radical (unpaired) electrons. The molecule has 1 amide bonds. The fraction of sp³-hybridized carbons (Fsp3) is 0.542. The Morgan fingerprint density at radius 2 is 2.06 bits per heavy atom. The number of ether oxygens (including phenoxy) is 1. The van der Waals surface area contributed by atoms with Crippen LogP contribution < -0.4 is 16.7 Å². The molecule has 172 valence electrons. The van der Waals surface area contributed by atoms with Crippen LogP contribution in [0.4, 0.5) is 5.82 Å². The topological polar surface area (TPSA) is 119 Å². The van der Waals surface area contributed by atoms with E-state index in [1.807, 2.05) is 25.1 Å². The van der Waals surface area contributed by atoms with Crippen LogP contribution in [0, 0.1) is 17.8 Å². The van der Waals surface area contributed by atoms with Crippen LogP contribution in [-0.4, -0.2) is 39.8 Å². The van der Waals surface area contributed by atoms with Crippen molar-refractivity contribution in [2.75, 3.05) is 18.9 Å². The molecule has 4 atom stereocenters. The summed E-state index contributed by atoms with van der Waals surface area (Å²) in [5, 5.41) is 12.7. The molecule has 1 aliphatic carbocycles. The molecule has 1 saturated heterocycles. The normalized spacial score (nSPS) is 25.4. The Morgan fingerprint density at radius 1 is 1.31 bits per heavy atom. The summed E-state index contributed by atoms with van der Waals surface area (Å²) in [6.07, 6.45) is 5.62. The predicted octanol–water partition coefficient (Wildman–Crippen LogP) is 2.13. The molecule has 1 aliphatic heterocycles. The molecule has 1 aromatic heterocycles. The molecule has 2 aliphatic rings. The summed E-state index contributed by atoms with van der Waals surface area (Å²) in [6.45, 7) is 2.43. The number of aliphatic hydroxyl groups excluding tert-OH is 1. The summed E-state index contributed by atoms with van der Waals surface area (Å²) >= 11 is 0. The van der Waals surface area contributed by atoms with E-state index in [9.17, 15) is 14.7 Å². The summed E-state index contributed by atoms with van der Waals surface area (Å²) in [6, 6.07) is 10.1. The fourth-order valence-electron chi connectivity index (χ4n) is 5.04. The highest BCUT2D eigenvalue weighted by Crippen LogP contribution is 2.48. The Hall–Kier alpha value is -2.71. The van der Waals surface area contributed by atoms with Gasteiger partial charge in [0.2, 0.25) is 0 Å². The lowest BCUT2D eigenvalue weighted by Crippen LogP contribution is -2.35. The van der Waals surface area contributed by atoms with Crippen LogP contribution >= 0.6 is 0 Å². The maximum atomic E-state index is 12.8. The Morgan fingerprint density at radius 3 is 2.72 bits per heavy atom. The number of carbonyl (C=O) groups excluding carboxylic acids is 1. The van der Waals surface area contributed by atoms with Crippen molar-refractivity contribution < 1.29 is 14.6 Å². The second-order valence-electron chi connectivity index (χ2n) is 8.95. The molecule has 1 aromatic carbocycles. The lowest BCUT2D eigenvalue weighted by Gasteiger charge is -2.35. The molecule has 8 nitrogen and oxygen atoms in total. The van der Waals surface area contributed by atoms with Crippen LogP contribution in [0.2, 0.25) is 0 Å². The van der Waals surface area contributed by atoms with Crippen LogP contribution in [0.5, 0.6) is 0 Å². The Balaban J connectivity index is 1.45. The molecular weight excluding hydrogens is 408 g/mol. The van der Waals surface area contributed by atoms with E-state index in [-0.39, 0.29) is 41.8 Å². The molecule has 2 fully saturated rings. The molecule has 32 heavy (non-hydrogen) atoms. The third-order valence-electron chi connectivity index (χ3n) is 6.95. The predicted molar refractivity (Wildman–Crippen MR) is 121 cm³/mol. The molecule has 4 rings (SSSR count). The van der Waals surface area contributed by atoms with Gasteiger partial charge in [0.05, 0.1) is 18.3 Å². The highest BCUT2D eigenvalue weighted by atomic mass is 16.5. The smallest absolute Gasteiger partial charge is 0.351 e. The van der Waals surface area contributed by atoms with Gasteiger partial charge in [0.15, 0.2) is 0 Å². The molecular formula is C24H32N4O4. The van der Waals surface area contributed by atoms with Gasteiger partial charge >= 0.3 is 5.69 Å². The van der Waals surface area contributed by atoms with Gasteiger partial charge in [0.1, 0.15) is 12.0 Å². The van der Waals surface area contributed by atoms with Gasteiger partial charge in [-0.15, -0.1) is 0 Å². The third kappa shape index (κ3) is 4.56. The first-order valence-electron chi connectivity index (χ1n) is 11.5. The number of aromatic nitrogens is 2. The minimum absolute atomic E-state index is 0.0161. The van der Waals surface area contributed by atoms with Crippen LogP contribution in [0.25, 0.3) is 0 Å². The maximum absolute atomic E-state index is 12.8. The van der Waals surface area contributed by atoms with Crippen molar-refractivity contribution in [3.63, 3.8) is 0 Å². The number of nitrogens with one attached hydrogen (secondary N) is 1. The molecule has 2 heterocycles. The fourth-order valence-corrected chi connectivity index (χ4v) is 5.04. The van der Waals surface area contributed by atoms with E-state index < -0.39 is 11.9 Å². The highest BCUT2D eigenvalue weighted by molar-refractivity contribution is 5.97. The lowest BCUT2D eigenvalue weighted by atomic mass is 9.69. The number of benzene rings is 1. The quantitative estimate of drug-likeness (QED) is 0.541. The number of carbonyl (C=O) groups is 1. The van der Waals surface area contributed by atoms with E-state index in [1.54, 1.807) is 0 Å². The standard InChI is InChI=1S/C24H32N4O4/c1-15-20(17-10-5-11-17)19(14-29)32-23(15)28-13-18(21(25)27-24(28)31)22(30)26-12-6-9-16-7-3-2-4-8-16/h2-4,7-8,13,15,17,19-20,23,29H,5-6,9-12,14H2,1H3,(H,26,30)(H2,25,27,31). The minimum Gasteiger partial charge on any atom is -0.394 e. The van der Waals surface area contributed by atoms with Crippen LogP contribution in [0.3, 0.4) is 0 Å². The van der Waals surface area contributed by atoms with Crippen LogP contribution in [-0.2, 0) is 11.2 Å². The summed E-state index contributed by atoms with van der Waals surface area (Å²) in [5.41, 5.74) is 6.73. The first-order chi connectivity index (χ1) is 15.5. The molecule has 4 N–H and O–H groups in total. The Bertz CT molecular complexity index is 989. The molecule has 4 unspecified atom stereocenters. The molecule has 8 heteroatoms. The zero-order chi connectivity index (χ0) is 22.7. The number of aryl methyl sites for hydroxylation is 1.